The van der Waals surface area contributed by atoms with Gasteiger partial charge in [0.1, 0.15) is 5.75 Å². The van der Waals surface area contributed by atoms with E-state index in [4.69, 9.17) is 4.74 Å². The van der Waals surface area contributed by atoms with Crippen molar-refractivity contribution in [2.75, 3.05) is 0 Å². The highest BCUT2D eigenvalue weighted by molar-refractivity contribution is 9.10. The molecule has 0 aliphatic heterocycles. The van der Waals surface area contributed by atoms with Gasteiger partial charge in [-0.25, -0.2) is 0 Å². The maximum atomic E-state index is 12.2. The van der Waals surface area contributed by atoms with Crippen LogP contribution < -0.4 is 10.1 Å². The summed E-state index contributed by atoms with van der Waals surface area (Å²) in [6.07, 6.45) is -0.553. The molecule has 0 aliphatic rings. The fourth-order valence-electron chi connectivity index (χ4n) is 2.08. The van der Waals surface area contributed by atoms with Crippen LogP contribution in [0, 0.1) is 13.8 Å². The summed E-state index contributed by atoms with van der Waals surface area (Å²) in [5, 5.41) is 2.91. The van der Waals surface area contributed by atoms with Crippen LogP contribution >= 0.6 is 15.9 Å². The first kappa shape index (κ1) is 16.6. The van der Waals surface area contributed by atoms with Gasteiger partial charge < -0.3 is 10.1 Å². The minimum absolute atomic E-state index is 0.129. The molecule has 1 N–H and O–H groups in total. The first-order chi connectivity index (χ1) is 10.5. The van der Waals surface area contributed by atoms with Crippen LogP contribution in [0.5, 0.6) is 5.75 Å². The zero-order chi connectivity index (χ0) is 16.1. The van der Waals surface area contributed by atoms with E-state index in [2.05, 4.69) is 21.2 Å². The molecule has 0 saturated carbocycles. The smallest absolute Gasteiger partial charge is 0.261 e. The van der Waals surface area contributed by atoms with Gasteiger partial charge in [0.25, 0.3) is 5.91 Å². The Balaban J connectivity index is 1.93. The van der Waals surface area contributed by atoms with Gasteiger partial charge in [0.05, 0.1) is 4.47 Å². The fraction of sp³-hybridized carbons (Fsp3) is 0.278. The highest BCUT2D eigenvalue weighted by atomic mass is 79.9. The lowest BCUT2D eigenvalue weighted by molar-refractivity contribution is -0.127. The van der Waals surface area contributed by atoms with Crippen LogP contribution in [0.2, 0.25) is 0 Å². The van der Waals surface area contributed by atoms with E-state index in [1.165, 1.54) is 0 Å². The Morgan fingerprint density at radius 3 is 2.64 bits per heavy atom. The number of carbonyl (C=O) groups is 1. The summed E-state index contributed by atoms with van der Waals surface area (Å²) >= 11 is 3.45. The topological polar surface area (TPSA) is 38.3 Å². The van der Waals surface area contributed by atoms with E-state index in [0.29, 0.717) is 12.3 Å². The number of hydrogen-bond acceptors (Lipinski definition) is 2. The number of halogens is 1. The Morgan fingerprint density at radius 1 is 1.23 bits per heavy atom. The monoisotopic (exact) mass is 361 g/mol. The Morgan fingerprint density at radius 2 is 1.95 bits per heavy atom. The molecule has 0 fully saturated rings. The lowest BCUT2D eigenvalue weighted by atomic mass is 10.1. The molecule has 0 aliphatic carbocycles. The third kappa shape index (κ3) is 4.34. The van der Waals surface area contributed by atoms with E-state index in [-0.39, 0.29) is 5.91 Å². The Hall–Kier alpha value is -1.81. The summed E-state index contributed by atoms with van der Waals surface area (Å²) in [5.74, 6) is 0.542. The number of carbonyl (C=O) groups excluding carboxylic acids is 1. The van der Waals surface area contributed by atoms with Gasteiger partial charge in [-0.2, -0.15) is 0 Å². The Labute approximate surface area is 139 Å². The second-order valence-corrected chi connectivity index (χ2v) is 6.19. The van der Waals surface area contributed by atoms with Gasteiger partial charge in [0.15, 0.2) is 6.10 Å². The Kier molecular flexibility index (Phi) is 5.61. The van der Waals surface area contributed by atoms with Gasteiger partial charge in [0, 0.05) is 6.54 Å². The molecule has 0 bridgehead atoms. The van der Waals surface area contributed by atoms with Crippen molar-refractivity contribution in [2.45, 2.75) is 33.4 Å². The van der Waals surface area contributed by atoms with Crippen LogP contribution in [0.3, 0.4) is 0 Å². The van der Waals surface area contributed by atoms with E-state index in [1.807, 2.05) is 56.3 Å². The highest BCUT2D eigenvalue weighted by Gasteiger charge is 2.15. The minimum atomic E-state index is -0.553. The van der Waals surface area contributed by atoms with E-state index in [1.54, 1.807) is 6.92 Å². The van der Waals surface area contributed by atoms with Crippen LogP contribution in [0.15, 0.2) is 46.9 Å². The molecule has 1 amide bonds. The minimum Gasteiger partial charge on any atom is -0.480 e. The molecule has 3 nitrogen and oxygen atoms in total. The normalized spacial score (nSPS) is 11.8. The van der Waals surface area contributed by atoms with Crippen molar-refractivity contribution in [3.05, 3.63) is 63.6 Å². The number of ether oxygens (including phenoxy) is 1. The maximum Gasteiger partial charge on any atom is 0.261 e. The van der Waals surface area contributed by atoms with Crippen LogP contribution in [0.1, 0.15) is 23.6 Å². The molecule has 22 heavy (non-hydrogen) atoms. The molecule has 1 atom stereocenters. The number of benzene rings is 2. The number of nitrogens with one attached hydrogen (secondary N) is 1. The van der Waals surface area contributed by atoms with Crippen molar-refractivity contribution in [1.29, 1.82) is 0 Å². The molecular formula is C18H20BrNO2. The van der Waals surface area contributed by atoms with Gasteiger partial charge in [-0.05, 0) is 65.5 Å². The van der Waals surface area contributed by atoms with Gasteiger partial charge in [-0.3, -0.25) is 4.79 Å². The van der Waals surface area contributed by atoms with Crippen LogP contribution in [0.4, 0.5) is 0 Å². The van der Waals surface area contributed by atoms with Crippen LogP contribution in [-0.4, -0.2) is 12.0 Å². The third-order valence-electron chi connectivity index (χ3n) is 3.47. The fourth-order valence-corrected chi connectivity index (χ4v) is 2.67. The van der Waals surface area contributed by atoms with Gasteiger partial charge >= 0.3 is 0 Å². The third-order valence-corrected chi connectivity index (χ3v) is 4.09. The second kappa shape index (κ2) is 7.45. The van der Waals surface area contributed by atoms with Crippen molar-refractivity contribution in [3.63, 3.8) is 0 Å². The van der Waals surface area contributed by atoms with Crippen molar-refractivity contribution < 1.29 is 9.53 Å². The molecule has 0 heterocycles. The lowest BCUT2D eigenvalue weighted by Crippen LogP contribution is -2.36. The summed E-state index contributed by atoms with van der Waals surface area (Å²) in [6, 6.07) is 13.8. The molecule has 0 saturated heterocycles. The van der Waals surface area contributed by atoms with E-state index in [0.717, 1.165) is 21.2 Å². The van der Waals surface area contributed by atoms with Crippen molar-refractivity contribution in [3.8, 4) is 5.75 Å². The summed E-state index contributed by atoms with van der Waals surface area (Å²) < 4.78 is 6.57. The molecule has 4 heteroatoms. The van der Waals surface area contributed by atoms with Gasteiger partial charge in [-0.1, -0.05) is 30.3 Å². The molecule has 0 radical (unpaired) electrons. The van der Waals surface area contributed by atoms with Crippen molar-refractivity contribution >= 4 is 21.8 Å². The summed E-state index contributed by atoms with van der Waals surface area (Å²) in [5.41, 5.74) is 3.41. The summed E-state index contributed by atoms with van der Waals surface area (Å²) in [6.45, 7) is 6.30. The van der Waals surface area contributed by atoms with Gasteiger partial charge in [-0.15, -0.1) is 0 Å². The quantitative estimate of drug-likeness (QED) is 0.868. The average Bonchev–Trinajstić information content (AvgIpc) is 2.49. The summed E-state index contributed by atoms with van der Waals surface area (Å²) in [4.78, 5) is 12.2. The highest BCUT2D eigenvalue weighted by Crippen LogP contribution is 2.26. The molecule has 0 spiro atoms. The second-order valence-electron chi connectivity index (χ2n) is 5.34. The van der Waals surface area contributed by atoms with Crippen molar-refractivity contribution in [1.82, 2.24) is 5.32 Å². The lowest BCUT2D eigenvalue weighted by Gasteiger charge is -2.16. The van der Waals surface area contributed by atoms with Crippen LogP contribution in [0.25, 0.3) is 0 Å². The zero-order valence-corrected chi connectivity index (χ0v) is 14.6. The molecule has 116 valence electrons. The first-order valence-electron chi connectivity index (χ1n) is 7.22. The van der Waals surface area contributed by atoms with Gasteiger partial charge in [0.2, 0.25) is 0 Å². The van der Waals surface area contributed by atoms with Crippen molar-refractivity contribution in [2.24, 2.45) is 0 Å². The van der Waals surface area contributed by atoms with E-state index < -0.39 is 6.10 Å². The molecule has 2 aromatic carbocycles. The largest absolute Gasteiger partial charge is 0.480 e. The predicted octanol–water partition coefficient (Wildman–Crippen LogP) is 4.15. The number of aryl methyl sites for hydroxylation is 2. The molecule has 2 rings (SSSR count). The average molecular weight is 362 g/mol. The first-order valence-corrected chi connectivity index (χ1v) is 8.01. The van der Waals surface area contributed by atoms with E-state index >= 15 is 0 Å². The van der Waals surface area contributed by atoms with Crippen LogP contribution in [-0.2, 0) is 11.3 Å². The SMILES string of the molecule is Cc1ccc(OC(C)C(=O)NCc2ccccc2C)c(Br)c1. The molecular weight excluding hydrogens is 342 g/mol. The number of amides is 1. The Bertz CT molecular complexity index is 670. The standard InChI is InChI=1S/C18H20BrNO2/c1-12-8-9-17(16(19)10-12)22-14(3)18(21)20-11-15-7-5-4-6-13(15)2/h4-10,14H,11H2,1-3H3,(H,20,21). The molecule has 1 unspecified atom stereocenters. The summed E-state index contributed by atoms with van der Waals surface area (Å²) in [7, 11) is 0. The zero-order valence-electron chi connectivity index (χ0n) is 13.0. The predicted molar refractivity (Wildman–Crippen MR) is 92.0 cm³/mol. The maximum absolute atomic E-state index is 12.2. The number of hydrogen-bond donors (Lipinski definition) is 1. The van der Waals surface area contributed by atoms with E-state index in [9.17, 15) is 4.79 Å². The molecule has 2 aromatic rings. The molecule has 0 aromatic heterocycles. The number of rotatable bonds is 5.